The highest BCUT2D eigenvalue weighted by Gasteiger charge is 2.16. The van der Waals surface area contributed by atoms with E-state index in [9.17, 15) is 0 Å². The first-order valence-electron chi connectivity index (χ1n) is 6.68. The Balaban J connectivity index is 2.56. The number of hydrogen-bond acceptors (Lipinski definition) is 2. The zero-order valence-electron chi connectivity index (χ0n) is 12.4. The van der Waals surface area contributed by atoms with E-state index in [1.807, 2.05) is 32.0 Å². The Labute approximate surface area is 116 Å². The Morgan fingerprint density at radius 3 is 2.47 bits per heavy atom. The SMILES string of the molecule is CCNC(=NCc1ccccc1)NCC(C)(C)OC. The van der Waals surface area contributed by atoms with Crippen LogP contribution in [-0.4, -0.2) is 31.8 Å². The molecule has 106 valence electrons. The normalized spacial score (nSPS) is 12.3. The molecule has 1 aromatic carbocycles. The molecule has 0 aliphatic heterocycles. The summed E-state index contributed by atoms with van der Waals surface area (Å²) in [6.07, 6.45) is 0. The minimum Gasteiger partial charge on any atom is -0.377 e. The van der Waals surface area contributed by atoms with Crippen molar-refractivity contribution >= 4 is 5.96 Å². The molecule has 0 fully saturated rings. The average molecular weight is 263 g/mol. The van der Waals surface area contributed by atoms with E-state index in [2.05, 4.69) is 34.7 Å². The molecule has 0 radical (unpaired) electrons. The fraction of sp³-hybridized carbons (Fsp3) is 0.533. The fourth-order valence-corrected chi connectivity index (χ4v) is 1.46. The Kier molecular flexibility index (Phi) is 6.36. The summed E-state index contributed by atoms with van der Waals surface area (Å²) in [6, 6.07) is 10.2. The molecule has 0 unspecified atom stereocenters. The van der Waals surface area contributed by atoms with Gasteiger partial charge in [-0.3, -0.25) is 0 Å². The van der Waals surface area contributed by atoms with Crippen LogP contribution in [0.5, 0.6) is 0 Å². The number of rotatable bonds is 6. The van der Waals surface area contributed by atoms with Crippen LogP contribution in [0, 0.1) is 0 Å². The minimum absolute atomic E-state index is 0.205. The van der Waals surface area contributed by atoms with Crippen LogP contribution in [0.1, 0.15) is 26.3 Å². The van der Waals surface area contributed by atoms with Gasteiger partial charge in [0.1, 0.15) is 0 Å². The van der Waals surface area contributed by atoms with E-state index in [4.69, 9.17) is 4.74 Å². The molecule has 0 aromatic heterocycles. The van der Waals surface area contributed by atoms with Crippen LogP contribution in [0.2, 0.25) is 0 Å². The number of aliphatic imine (C=N–C) groups is 1. The molecular formula is C15H25N3O. The topological polar surface area (TPSA) is 45.7 Å². The predicted octanol–water partition coefficient (Wildman–Crippen LogP) is 2.17. The van der Waals surface area contributed by atoms with Gasteiger partial charge in [0.2, 0.25) is 0 Å². The summed E-state index contributed by atoms with van der Waals surface area (Å²) in [5.74, 6) is 0.816. The lowest BCUT2D eigenvalue weighted by Crippen LogP contribution is -2.45. The smallest absolute Gasteiger partial charge is 0.191 e. The Bertz CT molecular complexity index is 388. The largest absolute Gasteiger partial charge is 0.377 e. The van der Waals surface area contributed by atoms with Gasteiger partial charge in [-0.05, 0) is 26.3 Å². The number of guanidine groups is 1. The lowest BCUT2D eigenvalue weighted by atomic mass is 10.1. The van der Waals surface area contributed by atoms with Gasteiger partial charge >= 0.3 is 0 Å². The van der Waals surface area contributed by atoms with E-state index >= 15 is 0 Å². The van der Waals surface area contributed by atoms with E-state index < -0.39 is 0 Å². The molecule has 4 nitrogen and oxygen atoms in total. The van der Waals surface area contributed by atoms with Gasteiger partial charge < -0.3 is 15.4 Å². The molecule has 0 aliphatic carbocycles. The van der Waals surface area contributed by atoms with Crippen LogP contribution < -0.4 is 10.6 Å². The highest BCUT2D eigenvalue weighted by Crippen LogP contribution is 2.05. The van der Waals surface area contributed by atoms with Gasteiger partial charge in [0.25, 0.3) is 0 Å². The van der Waals surface area contributed by atoms with Gasteiger partial charge in [0.05, 0.1) is 12.1 Å². The van der Waals surface area contributed by atoms with Crippen molar-refractivity contribution in [2.45, 2.75) is 32.9 Å². The third-order valence-corrected chi connectivity index (χ3v) is 2.84. The van der Waals surface area contributed by atoms with Gasteiger partial charge in [-0.25, -0.2) is 4.99 Å². The van der Waals surface area contributed by atoms with Crippen molar-refractivity contribution in [3.8, 4) is 0 Å². The second-order valence-corrected chi connectivity index (χ2v) is 5.00. The van der Waals surface area contributed by atoms with Crippen molar-refractivity contribution < 1.29 is 4.74 Å². The zero-order valence-corrected chi connectivity index (χ0v) is 12.4. The van der Waals surface area contributed by atoms with Crippen LogP contribution in [0.25, 0.3) is 0 Å². The molecule has 0 spiro atoms. The van der Waals surface area contributed by atoms with Crippen molar-refractivity contribution in [3.05, 3.63) is 35.9 Å². The van der Waals surface area contributed by atoms with Crippen LogP contribution in [0.15, 0.2) is 35.3 Å². The summed E-state index contributed by atoms with van der Waals surface area (Å²) >= 11 is 0. The molecule has 19 heavy (non-hydrogen) atoms. The van der Waals surface area contributed by atoms with Crippen LogP contribution in [0.3, 0.4) is 0 Å². The molecule has 1 aromatic rings. The number of benzene rings is 1. The Morgan fingerprint density at radius 1 is 1.21 bits per heavy atom. The molecular weight excluding hydrogens is 238 g/mol. The highest BCUT2D eigenvalue weighted by atomic mass is 16.5. The molecule has 0 atom stereocenters. The van der Waals surface area contributed by atoms with Gasteiger partial charge in [0, 0.05) is 20.2 Å². The number of nitrogens with zero attached hydrogens (tertiary/aromatic N) is 1. The second-order valence-electron chi connectivity index (χ2n) is 5.00. The van der Waals surface area contributed by atoms with Crippen LogP contribution in [0.4, 0.5) is 0 Å². The maximum absolute atomic E-state index is 5.38. The van der Waals surface area contributed by atoms with Crippen molar-refractivity contribution in [3.63, 3.8) is 0 Å². The third kappa shape index (κ3) is 6.25. The van der Waals surface area contributed by atoms with E-state index in [-0.39, 0.29) is 5.60 Å². The molecule has 0 saturated carbocycles. The molecule has 0 heterocycles. The van der Waals surface area contributed by atoms with Crippen LogP contribution in [-0.2, 0) is 11.3 Å². The average Bonchev–Trinajstić information content (AvgIpc) is 2.43. The lowest BCUT2D eigenvalue weighted by Gasteiger charge is -2.24. The van der Waals surface area contributed by atoms with Crippen molar-refractivity contribution in [1.29, 1.82) is 0 Å². The number of ether oxygens (including phenoxy) is 1. The minimum atomic E-state index is -0.205. The summed E-state index contributed by atoms with van der Waals surface area (Å²) < 4.78 is 5.38. The summed E-state index contributed by atoms with van der Waals surface area (Å²) in [6.45, 7) is 8.37. The van der Waals surface area contributed by atoms with Gasteiger partial charge in [-0.1, -0.05) is 30.3 Å². The molecule has 0 saturated heterocycles. The van der Waals surface area contributed by atoms with Gasteiger partial charge in [0.15, 0.2) is 5.96 Å². The maximum Gasteiger partial charge on any atom is 0.191 e. The molecule has 0 aliphatic rings. The quantitative estimate of drug-likeness (QED) is 0.611. The van der Waals surface area contributed by atoms with Gasteiger partial charge in [-0.2, -0.15) is 0 Å². The Hall–Kier alpha value is -1.55. The monoisotopic (exact) mass is 263 g/mol. The summed E-state index contributed by atoms with van der Waals surface area (Å²) in [5.41, 5.74) is 0.994. The molecule has 1 rings (SSSR count). The standard InChI is InChI=1S/C15H25N3O/c1-5-16-14(18-12-15(2,3)19-4)17-11-13-9-7-6-8-10-13/h6-10H,5,11-12H2,1-4H3,(H2,16,17,18). The molecule has 4 heteroatoms. The first kappa shape index (κ1) is 15.5. The van der Waals surface area contributed by atoms with E-state index in [1.165, 1.54) is 5.56 Å². The predicted molar refractivity (Wildman–Crippen MR) is 80.3 cm³/mol. The summed E-state index contributed by atoms with van der Waals surface area (Å²) in [7, 11) is 1.72. The van der Waals surface area contributed by atoms with E-state index in [0.717, 1.165) is 12.5 Å². The van der Waals surface area contributed by atoms with Crippen LogP contribution >= 0.6 is 0 Å². The summed E-state index contributed by atoms with van der Waals surface area (Å²) in [5, 5.41) is 6.53. The number of methoxy groups -OCH3 is 1. The lowest BCUT2D eigenvalue weighted by molar-refractivity contribution is 0.0268. The molecule has 2 N–H and O–H groups in total. The van der Waals surface area contributed by atoms with Crippen molar-refractivity contribution in [2.24, 2.45) is 4.99 Å². The highest BCUT2D eigenvalue weighted by molar-refractivity contribution is 5.79. The van der Waals surface area contributed by atoms with Crippen molar-refractivity contribution in [1.82, 2.24) is 10.6 Å². The first-order chi connectivity index (χ1) is 9.07. The Morgan fingerprint density at radius 2 is 1.89 bits per heavy atom. The fourth-order valence-electron chi connectivity index (χ4n) is 1.46. The number of hydrogen-bond donors (Lipinski definition) is 2. The number of nitrogens with one attached hydrogen (secondary N) is 2. The van der Waals surface area contributed by atoms with Gasteiger partial charge in [-0.15, -0.1) is 0 Å². The third-order valence-electron chi connectivity index (χ3n) is 2.84. The summed E-state index contributed by atoms with van der Waals surface area (Å²) in [4.78, 5) is 4.56. The second kappa shape index (κ2) is 7.79. The van der Waals surface area contributed by atoms with E-state index in [0.29, 0.717) is 13.1 Å². The molecule has 0 amide bonds. The molecule has 0 bridgehead atoms. The first-order valence-corrected chi connectivity index (χ1v) is 6.68. The van der Waals surface area contributed by atoms with Crippen molar-refractivity contribution in [2.75, 3.05) is 20.2 Å². The van der Waals surface area contributed by atoms with E-state index in [1.54, 1.807) is 7.11 Å². The maximum atomic E-state index is 5.38. The zero-order chi connectivity index (χ0) is 14.1.